The number of benzene rings is 1. The van der Waals surface area contributed by atoms with E-state index in [1.807, 2.05) is 18.2 Å². The van der Waals surface area contributed by atoms with Crippen molar-refractivity contribution in [3.8, 4) is 0 Å². The normalized spacial score (nSPS) is 17.8. The van der Waals surface area contributed by atoms with Crippen LogP contribution in [-0.2, 0) is 4.79 Å². The number of nitrogens with two attached hydrogens (primary N) is 1. The molecule has 1 saturated heterocycles. The fourth-order valence-electron chi connectivity index (χ4n) is 2.23. The number of para-hydroxylation sites is 1. The number of carbonyl (C=O) groups is 1. The van der Waals surface area contributed by atoms with Crippen LogP contribution in [0, 0.1) is 0 Å². The number of nitrogens with zero attached hydrogens (tertiary/aromatic N) is 2. The van der Waals surface area contributed by atoms with Crippen molar-refractivity contribution in [3.63, 3.8) is 0 Å². The molecule has 1 aliphatic heterocycles. The van der Waals surface area contributed by atoms with Gasteiger partial charge >= 0.3 is 0 Å². The minimum atomic E-state index is -0.271. The maximum absolute atomic E-state index is 11.1. The predicted octanol–water partition coefficient (Wildman–Crippen LogP) is 1.38. The van der Waals surface area contributed by atoms with Gasteiger partial charge in [-0.05, 0) is 25.0 Å². The van der Waals surface area contributed by atoms with E-state index in [0.29, 0.717) is 6.54 Å². The third-order valence-electron chi connectivity index (χ3n) is 3.02. The van der Waals surface area contributed by atoms with Crippen LogP contribution in [0.1, 0.15) is 19.3 Å². The molecule has 1 aromatic rings. The number of carbonyl (C=O) groups excluding carboxylic acids is 1. The summed E-state index contributed by atoms with van der Waals surface area (Å²) < 4.78 is 0. The summed E-state index contributed by atoms with van der Waals surface area (Å²) >= 11 is 0. The number of hydrazine groups is 1. The van der Waals surface area contributed by atoms with Gasteiger partial charge in [0.25, 0.3) is 0 Å². The van der Waals surface area contributed by atoms with Crippen molar-refractivity contribution >= 4 is 11.6 Å². The molecule has 1 amide bonds. The van der Waals surface area contributed by atoms with Gasteiger partial charge < -0.3 is 10.7 Å². The van der Waals surface area contributed by atoms with Gasteiger partial charge in [-0.1, -0.05) is 24.6 Å². The van der Waals surface area contributed by atoms with E-state index in [1.165, 1.54) is 6.42 Å². The minimum Gasteiger partial charge on any atom is -0.368 e. The highest BCUT2D eigenvalue weighted by atomic mass is 16.1. The van der Waals surface area contributed by atoms with Crippen LogP contribution in [0.25, 0.3) is 0 Å². The zero-order chi connectivity index (χ0) is 12.1. The summed E-state index contributed by atoms with van der Waals surface area (Å²) in [5, 5.41) is 4.24. The smallest absolute Gasteiger partial charge is 0.233 e. The topological polar surface area (TPSA) is 49.6 Å². The Morgan fingerprint density at radius 1 is 1.12 bits per heavy atom. The second kappa shape index (κ2) is 5.68. The molecule has 2 N–H and O–H groups in total. The summed E-state index contributed by atoms with van der Waals surface area (Å²) in [6.07, 6.45) is 3.49. The molecule has 17 heavy (non-hydrogen) atoms. The van der Waals surface area contributed by atoms with Crippen molar-refractivity contribution in [3.05, 3.63) is 30.3 Å². The molecular weight excluding hydrogens is 214 g/mol. The van der Waals surface area contributed by atoms with E-state index in [-0.39, 0.29) is 5.91 Å². The fourth-order valence-corrected chi connectivity index (χ4v) is 2.23. The molecule has 0 spiro atoms. The zero-order valence-electron chi connectivity index (χ0n) is 10.0. The molecule has 0 unspecified atom stereocenters. The highest BCUT2D eigenvalue weighted by Crippen LogP contribution is 2.20. The third-order valence-corrected chi connectivity index (χ3v) is 3.02. The lowest BCUT2D eigenvalue weighted by atomic mass is 10.2. The summed E-state index contributed by atoms with van der Waals surface area (Å²) in [4.78, 5) is 11.1. The lowest BCUT2D eigenvalue weighted by Gasteiger charge is -2.34. The monoisotopic (exact) mass is 233 g/mol. The largest absolute Gasteiger partial charge is 0.368 e. The molecule has 0 saturated carbocycles. The quantitative estimate of drug-likeness (QED) is 0.858. The van der Waals surface area contributed by atoms with E-state index in [2.05, 4.69) is 22.2 Å². The molecule has 0 radical (unpaired) electrons. The standard InChI is InChI=1S/C13H19N3O/c14-13(17)11-15-9-5-2-6-10-16(15)12-7-3-1-4-8-12/h1,3-4,7-8H,2,5-6,9-11H2,(H2,14,17). The Balaban J connectivity index is 2.17. The van der Waals surface area contributed by atoms with Crippen LogP contribution in [0.5, 0.6) is 0 Å². The van der Waals surface area contributed by atoms with E-state index in [4.69, 9.17) is 5.73 Å². The average molecular weight is 233 g/mol. The molecule has 0 aromatic heterocycles. The summed E-state index contributed by atoms with van der Waals surface area (Å²) in [5.41, 5.74) is 6.44. The van der Waals surface area contributed by atoms with Crippen LogP contribution in [0.4, 0.5) is 5.69 Å². The number of amides is 1. The van der Waals surface area contributed by atoms with Crippen LogP contribution >= 0.6 is 0 Å². The third kappa shape index (κ3) is 3.20. The molecule has 4 heteroatoms. The van der Waals surface area contributed by atoms with E-state index in [9.17, 15) is 4.79 Å². The number of hydrogen-bond donors (Lipinski definition) is 1. The van der Waals surface area contributed by atoms with Gasteiger partial charge in [0.15, 0.2) is 0 Å². The highest BCUT2D eigenvalue weighted by molar-refractivity contribution is 5.76. The second-order valence-corrected chi connectivity index (χ2v) is 4.37. The van der Waals surface area contributed by atoms with E-state index < -0.39 is 0 Å². The van der Waals surface area contributed by atoms with Crippen LogP contribution in [0.3, 0.4) is 0 Å². The van der Waals surface area contributed by atoms with Gasteiger partial charge in [-0.25, -0.2) is 5.01 Å². The molecule has 0 atom stereocenters. The number of hydrogen-bond acceptors (Lipinski definition) is 3. The molecule has 1 aliphatic rings. The Morgan fingerprint density at radius 2 is 1.82 bits per heavy atom. The Hall–Kier alpha value is -1.55. The highest BCUT2D eigenvalue weighted by Gasteiger charge is 2.19. The Morgan fingerprint density at radius 3 is 2.53 bits per heavy atom. The Kier molecular flexibility index (Phi) is 3.98. The molecule has 4 nitrogen and oxygen atoms in total. The van der Waals surface area contributed by atoms with Gasteiger partial charge in [0, 0.05) is 13.1 Å². The van der Waals surface area contributed by atoms with Crippen LogP contribution < -0.4 is 10.7 Å². The van der Waals surface area contributed by atoms with Crippen molar-refractivity contribution in [2.45, 2.75) is 19.3 Å². The van der Waals surface area contributed by atoms with Crippen molar-refractivity contribution in [1.82, 2.24) is 5.01 Å². The SMILES string of the molecule is NC(=O)CN1CCCCCN1c1ccccc1. The first-order valence-electron chi connectivity index (χ1n) is 6.13. The summed E-state index contributed by atoms with van der Waals surface area (Å²) in [6, 6.07) is 10.2. The molecular formula is C13H19N3O. The maximum Gasteiger partial charge on any atom is 0.233 e. The van der Waals surface area contributed by atoms with Crippen molar-refractivity contribution in [1.29, 1.82) is 0 Å². The zero-order valence-corrected chi connectivity index (χ0v) is 10.0. The molecule has 1 heterocycles. The summed E-state index contributed by atoms with van der Waals surface area (Å²) in [7, 11) is 0. The first-order valence-corrected chi connectivity index (χ1v) is 6.13. The van der Waals surface area contributed by atoms with Crippen molar-refractivity contribution < 1.29 is 4.79 Å². The van der Waals surface area contributed by atoms with Crippen LogP contribution in [-0.4, -0.2) is 30.6 Å². The summed E-state index contributed by atoms with van der Waals surface area (Å²) in [5.74, 6) is -0.271. The van der Waals surface area contributed by atoms with E-state index in [0.717, 1.165) is 31.6 Å². The van der Waals surface area contributed by atoms with Gasteiger partial charge in [0.05, 0.1) is 12.2 Å². The first kappa shape index (κ1) is 11.9. The second-order valence-electron chi connectivity index (χ2n) is 4.37. The molecule has 92 valence electrons. The molecule has 0 bridgehead atoms. The first-order chi connectivity index (χ1) is 8.27. The predicted molar refractivity (Wildman–Crippen MR) is 68.4 cm³/mol. The fraction of sp³-hybridized carbons (Fsp3) is 0.462. The van der Waals surface area contributed by atoms with Gasteiger partial charge in [-0.3, -0.25) is 4.79 Å². The van der Waals surface area contributed by atoms with Gasteiger partial charge in [0.2, 0.25) is 5.91 Å². The van der Waals surface area contributed by atoms with Gasteiger partial charge in [-0.2, -0.15) is 0 Å². The minimum absolute atomic E-state index is 0.271. The lowest BCUT2D eigenvalue weighted by Crippen LogP contribution is -2.46. The maximum atomic E-state index is 11.1. The molecule has 1 aromatic carbocycles. The van der Waals surface area contributed by atoms with Crippen LogP contribution in [0.2, 0.25) is 0 Å². The lowest BCUT2D eigenvalue weighted by molar-refractivity contribution is -0.119. The average Bonchev–Trinajstić information content (AvgIpc) is 2.55. The van der Waals surface area contributed by atoms with Gasteiger partial charge in [0.1, 0.15) is 0 Å². The van der Waals surface area contributed by atoms with Crippen molar-refractivity contribution in [2.24, 2.45) is 5.73 Å². The van der Waals surface area contributed by atoms with E-state index >= 15 is 0 Å². The number of anilines is 1. The van der Waals surface area contributed by atoms with Gasteiger partial charge in [-0.15, -0.1) is 0 Å². The van der Waals surface area contributed by atoms with Crippen LogP contribution in [0.15, 0.2) is 30.3 Å². The van der Waals surface area contributed by atoms with Crippen molar-refractivity contribution in [2.75, 3.05) is 24.6 Å². The molecule has 2 rings (SSSR count). The number of rotatable bonds is 3. The Bertz CT molecular complexity index is 366. The van der Waals surface area contributed by atoms with E-state index in [1.54, 1.807) is 0 Å². The number of primary amides is 1. The molecule has 1 fully saturated rings. The molecule has 0 aliphatic carbocycles. The summed E-state index contributed by atoms with van der Waals surface area (Å²) in [6.45, 7) is 2.16. The Labute approximate surface area is 102 Å².